The van der Waals surface area contributed by atoms with Crippen molar-refractivity contribution in [2.75, 3.05) is 13.7 Å². The van der Waals surface area contributed by atoms with Gasteiger partial charge in [-0.15, -0.1) is 11.3 Å². The van der Waals surface area contributed by atoms with Crippen LogP contribution in [0.1, 0.15) is 25.6 Å². The molecule has 4 rings (SSSR count). The lowest BCUT2D eigenvalue weighted by Gasteiger charge is -2.05. The van der Waals surface area contributed by atoms with E-state index in [1.807, 2.05) is 24.3 Å². The fourth-order valence-corrected chi connectivity index (χ4v) is 4.57. The van der Waals surface area contributed by atoms with Gasteiger partial charge in [-0.05, 0) is 60.2 Å². The Labute approximate surface area is 215 Å². The molecule has 0 aliphatic carbocycles. The molecule has 0 fully saturated rings. The van der Waals surface area contributed by atoms with Crippen molar-refractivity contribution in [3.8, 4) is 11.5 Å². The number of nitrogens with one attached hydrogen (secondary N) is 2. The number of hydrogen-bond donors (Lipinski definition) is 2. The van der Waals surface area contributed by atoms with Crippen LogP contribution >= 0.6 is 22.9 Å². The van der Waals surface area contributed by atoms with Crippen molar-refractivity contribution in [2.24, 2.45) is 5.10 Å². The zero-order valence-electron chi connectivity index (χ0n) is 19.0. The van der Waals surface area contributed by atoms with Gasteiger partial charge in [-0.25, -0.2) is 10.2 Å². The van der Waals surface area contributed by atoms with E-state index in [4.69, 9.17) is 21.1 Å². The highest BCUT2D eigenvalue weighted by Crippen LogP contribution is 2.34. The van der Waals surface area contributed by atoms with E-state index < -0.39 is 17.8 Å². The smallest absolute Gasteiger partial charge is 0.343 e. The van der Waals surface area contributed by atoms with Crippen molar-refractivity contribution in [3.05, 3.63) is 93.8 Å². The maximum atomic E-state index is 12.4. The second-order valence-electron chi connectivity index (χ2n) is 7.40. The summed E-state index contributed by atoms with van der Waals surface area (Å²) in [7, 11) is 1.55. The molecule has 0 aliphatic heterocycles. The summed E-state index contributed by atoms with van der Waals surface area (Å²) in [6.07, 6.45) is 1.43. The molecule has 182 valence electrons. The van der Waals surface area contributed by atoms with E-state index in [2.05, 4.69) is 15.8 Å². The number of esters is 1. The minimum absolute atomic E-state index is 0.263. The Hall–Kier alpha value is -4.21. The molecule has 3 aromatic carbocycles. The standard InChI is InChI=1S/C26H20ClN3O5S/c1-34-18-12-8-17(9-13-18)26(33)35-19-10-6-16(7-11-19)14-29-30-22(31)15-28-25(32)24-23(27)20-4-2-3-5-21(20)36-24/h2-14H,15H2,1H3,(H,28,32)(H,30,31). The minimum atomic E-state index is -0.498. The number of halogens is 1. The number of hydrogen-bond acceptors (Lipinski definition) is 7. The summed E-state index contributed by atoms with van der Waals surface area (Å²) < 4.78 is 11.3. The molecule has 8 nitrogen and oxygen atoms in total. The van der Waals surface area contributed by atoms with Gasteiger partial charge in [-0.2, -0.15) is 5.10 Å². The summed E-state index contributed by atoms with van der Waals surface area (Å²) in [5, 5.41) is 7.58. The Morgan fingerprint density at radius 3 is 2.36 bits per heavy atom. The summed E-state index contributed by atoms with van der Waals surface area (Å²) in [6, 6.07) is 20.6. The van der Waals surface area contributed by atoms with Gasteiger partial charge in [-0.1, -0.05) is 29.8 Å². The number of carbonyl (C=O) groups is 3. The highest BCUT2D eigenvalue weighted by molar-refractivity contribution is 7.21. The highest BCUT2D eigenvalue weighted by atomic mass is 35.5. The van der Waals surface area contributed by atoms with Crippen LogP contribution in [0.2, 0.25) is 5.02 Å². The maximum absolute atomic E-state index is 12.4. The first-order chi connectivity index (χ1) is 17.4. The Balaban J connectivity index is 1.24. The summed E-state index contributed by atoms with van der Waals surface area (Å²) >= 11 is 7.56. The quantitative estimate of drug-likeness (QED) is 0.152. The van der Waals surface area contributed by atoms with Crippen LogP contribution in [0.3, 0.4) is 0 Å². The SMILES string of the molecule is COc1ccc(C(=O)Oc2ccc(C=NNC(=O)CNC(=O)c3sc4ccccc4c3Cl)cc2)cc1. The van der Waals surface area contributed by atoms with Gasteiger partial charge in [0, 0.05) is 10.1 Å². The van der Waals surface area contributed by atoms with Gasteiger partial charge in [0.2, 0.25) is 0 Å². The monoisotopic (exact) mass is 521 g/mol. The van der Waals surface area contributed by atoms with Gasteiger partial charge in [0.25, 0.3) is 11.8 Å². The predicted octanol–water partition coefficient (Wildman–Crippen LogP) is 4.66. The number of fused-ring (bicyclic) bond motifs is 1. The largest absolute Gasteiger partial charge is 0.497 e. The average molecular weight is 522 g/mol. The van der Waals surface area contributed by atoms with Crippen molar-refractivity contribution in [3.63, 3.8) is 0 Å². The Morgan fingerprint density at radius 2 is 1.67 bits per heavy atom. The number of nitrogens with zero attached hydrogens (tertiary/aromatic N) is 1. The summed E-state index contributed by atoms with van der Waals surface area (Å²) in [4.78, 5) is 37.0. The fraction of sp³-hybridized carbons (Fsp3) is 0.0769. The van der Waals surface area contributed by atoms with E-state index >= 15 is 0 Å². The second-order valence-corrected chi connectivity index (χ2v) is 8.83. The molecular formula is C26H20ClN3O5S. The van der Waals surface area contributed by atoms with Gasteiger partial charge < -0.3 is 14.8 Å². The average Bonchev–Trinajstić information content (AvgIpc) is 3.25. The molecule has 36 heavy (non-hydrogen) atoms. The third-order valence-electron chi connectivity index (χ3n) is 4.97. The van der Waals surface area contributed by atoms with E-state index in [0.29, 0.717) is 32.5 Å². The minimum Gasteiger partial charge on any atom is -0.497 e. The predicted molar refractivity (Wildman–Crippen MR) is 139 cm³/mol. The first-order valence-electron chi connectivity index (χ1n) is 10.7. The lowest BCUT2D eigenvalue weighted by Crippen LogP contribution is -2.34. The van der Waals surface area contributed by atoms with E-state index in [0.717, 1.165) is 10.1 Å². The molecule has 0 aliphatic rings. The number of benzene rings is 3. The highest BCUT2D eigenvalue weighted by Gasteiger charge is 2.17. The van der Waals surface area contributed by atoms with Crippen LogP contribution in [0, 0.1) is 0 Å². The van der Waals surface area contributed by atoms with Crippen LogP contribution in [0.4, 0.5) is 0 Å². The van der Waals surface area contributed by atoms with Gasteiger partial charge in [-0.3, -0.25) is 9.59 Å². The molecular weight excluding hydrogens is 502 g/mol. The van der Waals surface area contributed by atoms with Crippen LogP contribution in [0.5, 0.6) is 11.5 Å². The third kappa shape index (κ3) is 6.07. The number of ether oxygens (including phenoxy) is 2. The molecule has 1 heterocycles. The van der Waals surface area contributed by atoms with Crippen molar-refractivity contribution >= 4 is 57.0 Å². The molecule has 1 aromatic heterocycles. The van der Waals surface area contributed by atoms with Crippen LogP contribution in [0.25, 0.3) is 10.1 Å². The van der Waals surface area contributed by atoms with Crippen LogP contribution in [-0.4, -0.2) is 37.7 Å². The zero-order chi connectivity index (χ0) is 25.5. The maximum Gasteiger partial charge on any atom is 0.343 e. The number of carbonyl (C=O) groups excluding carboxylic acids is 3. The molecule has 10 heteroatoms. The van der Waals surface area contributed by atoms with Gasteiger partial charge in [0.1, 0.15) is 16.4 Å². The van der Waals surface area contributed by atoms with Gasteiger partial charge >= 0.3 is 5.97 Å². The number of amides is 2. The summed E-state index contributed by atoms with van der Waals surface area (Å²) in [5.41, 5.74) is 3.41. The first-order valence-corrected chi connectivity index (χ1v) is 11.9. The normalized spacial score (nSPS) is 10.8. The molecule has 0 bridgehead atoms. The Kier molecular flexibility index (Phi) is 7.94. The van der Waals surface area contributed by atoms with Crippen LogP contribution in [0.15, 0.2) is 77.9 Å². The Morgan fingerprint density at radius 1 is 0.972 bits per heavy atom. The molecule has 0 spiro atoms. The number of methoxy groups -OCH3 is 1. The lowest BCUT2D eigenvalue weighted by atomic mass is 10.2. The van der Waals surface area contributed by atoms with E-state index in [-0.39, 0.29) is 6.54 Å². The first kappa shape index (κ1) is 24.9. The number of hydrazone groups is 1. The third-order valence-corrected chi connectivity index (χ3v) is 6.64. The topological polar surface area (TPSA) is 106 Å². The zero-order valence-corrected chi connectivity index (χ0v) is 20.6. The lowest BCUT2D eigenvalue weighted by molar-refractivity contribution is -0.120. The van der Waals surface area contributed by atoms with Crippen molar-refractivity contribution in [2.45, 2.75) is 0 Å². The van der Waals surface area contributed by atoms with Crippen molar-refractivity contribution in [1.29, 1.82) is 0 Å². The number of rotatable bonds is 8. The van der Waals surface area contributed by atoms with Gasteiger partial charge in [0.05, 0.1) is 30.5 Å². The van der Waals surface area contributed by atoms with Crippen molar-refractivity contribution < 1.29 is 23.9 Å². The molecule has 0 radical (unpaired) electrons. The molecule has 2 N–H and O–H groups in total. The summed E-state index contributed by atoms with van der Waals surface area (Å²) in [5.74, 6) is -0.419. The molecule has 4 aromatic rings. The molecule has 0 saturated carbocycles. The van der Waals surface area contributed by atoms with E-state index in [9.17, 15) is 14.4 Å². The van der Waals surface area contributed by atoms with Crippen molar-refractivity contribution in [1.82, 2.24) is 10.7 Å². The number of thiophene rings is 1. The van der Waals surface area contributed by atoms with E-state index in [1.54, 1.807) is 55.6 Å². The Bertz CT molecular complexity index is 1430. The molecule has 2 amide bonds. The van der Waals surface area contributed by atoms with E-state index in [1.165, 1.54) is 17.6 Å². The molecule has 0 atom stereocenters. The fourth-order valence-electron chi connectivity index (χ4n) is 3.13. The second kappa shape index (κ2) is 11.5. The van der Waals surface area contributed by atoms with Crippen LogP contribution in [-0.2, 0) is 4.79 Å². The van der Waals surface area contributed by atoms with Gasteiger partial charge in [0.15, 0.2) is 0 Å². The van der Waals surface area contributed by atoms with Crippen LogP contribution < -0.4 is 20.2 Å². The summed E-state index contributed by atoms with van der Waals surface area (Å²) in [6.45, 7) is -0.263. The molecule has 0 saturated heterocycles. The molecule has 0 unspecified atom stereocenters.